The van der Waals surface area contributed by atoms with E-state index >= 15 is 0 Å². The Morgan fingerprint density at radius 3 is 2.21 bits per heavy atom. The Hall–Kier alpha value is -1.61. The molecule has 0 aromatic heterocycles. The fraction of sp³-hybridized carbons (Fsp3) is 0.188. The van der Waals surface area contributed by atoms with Gasteiger partial charge in [0.15, 0.2) is 0 Å². The quantitative estimate of drug-likeness (QED) is 0.859. The molecule has 1 amide bonds. The van der Waals surface area contributed by atoms with Crippen molar-refractivity contribution in [2.24, 2.45) is 0 Å². The number of carbonyl (C=O) groups excluding carboxylic acids is 1. The summed E-state index contributed by atoms with van der Waals surface area (Å²) >= 11 is 3.45. The van der Waals surface area contributed by atoms with Crippen LogP contribution in [0.15, 0.2) is 40.9 Å². The largest absolute Gasteiger partial charge is 0.321 e. The first-order valence-electron chi connectivity index (χ1n) is 6.13. The summed E-state index contributed by atoms with van der Waals surface area (Å²) in [6.45, 7) is 5.93. The van der Waals surface area contributed by atoms with Crippen LogP contribution >= 0.6 is 15.9 Å². The summed E-state index contributed by atoms with van der Waals surface area (Å²) in [5.74, 6) is -0.0730. The molecule has 0 heterocycles. The maximum absolute atomic E-state index is 12.4. The highest BCUT2D eigenvalue weighted by Crippen LogP contribution is 2.23. The molecule has 0 aliphatic rings. The van der Waals surface area contributed by atoms with Crippen molar-refractivity contribution >= 4 is 27.5 Å². The topological polar surface area (TPSA) is 29.1 Å². The fourth-order valence-electron chi connectivity index (χ4n) is 2.05. The van der Waals surface area contributed by atoms with Crippen molar-refractivity contribution in [3.63, 3.8) is 0 Å². The molecule has 2 aromatic rings. The maximum Gasteiger partial charge on any atom is 0.255 e. The molecule has 3 heteroatoms. The molecule has 0 saturated heterocycles. The Morgan fingerprint density at radius 2 is 1.58 bits per heavy atom. The number of nitrogens with one attached hydrogen (secondary N) is 1. The van der Waals surface area contributed by atoms with Gasteiger partial charge < -0.3 is 5.32 Å². The predicted molar refractivity (Wildman–Crippen MR) is 82.7 cm³/mol. The van der Waals surface area contributed by atoms with E-state index in [1.54, 1.807) is 0 Å². The van der Waals surface area contributed by atoms with Crippen LogP contribution in [0.1, 0.15) is 27.0 Å². The monoisotopic (exact) mass is 317 g/mol. The SMILES string of the molecule is Cc1cccc(C)c1NC(=O)c1cccc(Br)c1C. The minimum Gasteiger partial charge on any atom is -0.321 e. The number of para-hydroxylation sites is 1. The lowest BCUT2D eigenvalue weighted by molar-refractivity contribution is 0.102. The summed E-state index contributed by atoms with van der Waals surface area (Å²) < 4.78 is 0.946. The van der Waals surface area contributed by atoms with E-state index in [-0.39, 0.29) is 5.91 Å². The number of halogens is 1. The number of hydrogen-bond donors (Lipinski definition) is 1. The van der Waals surface area contributed by atoms with Gasteiger partial charge in [0, 0.05) is 15.7 Å². The Kier molecular flexibility index (Phi) is 4.05. The highest BCUT2D eigenvalue weighted by molar-refractivity contribution is 9.10. The van der Waals surface area contributed by atoms with Gasteiger partial charge in [-0.25, -0.2) is 0 Å². The van der Waals surface area contributed by atoms with Crippen LogP contribution in [0.25, 0.3) is 0 Å². The number of benzene rings is 2. The van der Waals surface area contributed by atoms with Gasteiger partial charge in [0.1, 0.15) is 0 Å². The van der Waals surface area contributed by atoms with E-state index in [1.807, 2.05) is 57.2 Å². The van der Waals surface area contributed by atoms with Gasteiger partial charge in [-0.15, -0.1) is 0 Å². The molecule has 0 aliphatic heterocycles. The first kappa shape index (κ1) is 13.8. The van der Waals surface area contributed by atoms with Gasteiger partial charge in [0.2, 0.25) is 0 Å². The van der Waals surface area contributed by atoms with Crippen molar-refractivity contribution in [3.8, 4) is 0 Å². The molecule has 2 aromatic carbocycles. The van der Waals surface area contributed by atoms with Crippen LogP contribution in [0, 0.1) is 20.8 Å². The maximum atomic E-state index is 12.4. The smallest absolute Gasteiger partial charge is 0.255 e. The lowest BCUT2D eigenvalue weighted by atomic mass is 10.1. The predicted octanol–water partition coefficient (Wildman–Crippen LogP) is 4.63. The number of carbonyl (C=O) groups is 1. The van der Waals surface area contributed by atoms with Gasteiger partial charge in [0.25, 0.3) is 5.91 Å². The molecule has 0 unspecified atom stereocenters. The van der Waals surface area contributed by atoms with Crippen LogP contribution < -0.4 is 5.32 Å². The fourth-order valence-corrected chi connectivity index (χ4v) is 2.41. The second kappa shape index (κ2) is 5.57. The van der Waals surface area contributed by atoms with Gasteiger partial charge in [-0.3, -0.25) is 4.79 Å². The zero-order valence-electron chi connectivity index (χ0n) is 11.3. The molecule has 2 nitrogen and oxygen atoms in total. The van der Waals surface area contributed by atoms with Crippen molar-refractivity contribution in [1.82, 2.24) is 0 Å². The molecule has 98 valence electrons. The van der Waals surface area contributed by atoms with Crippen LogP contribution in [-0.4, -0.2) is 5.91 Å². The highest BCUT2D eigenvalue weighted by atomic mass is 79.9. The van der Waals surface area contributed by atoms with Gasteiger partial charge >= 0.3 is 0 Å². The van der Waals surface area contributed by atoms with Crippen LogP contribution in [0.3, 0.4) is 0 Å². The number of amides is 1. The number of hydrogen-bond acceptors (Lipinski definition) is 1. The molecule has 1 N–H and O–H groups in total. The van der Waals surface area contributed by atoms with E-state index in [9.17, 15) is 4.79 Å². The zero-order chi connectivity index (χ0) is 14.0. The van der Waals surface area contributed by atoms with E-state index in [4.69, 9.17) is 0 Å². The van der Waals surface area contributed by atoms with Crippen LogP contribution in [0.5, 0.6) is 0 Å². The second-order valence-corrected chi connectivity index (χ2v) is 5.49. The summed E-state index contributed by atoms with van der Waals surface area (Å²) in [4.78, 5) is 12.4. The van der Waals surface area contributed by atoms with Gasteiger partial charge in [-0.1, -0.05) is 40.2 Å². The minimum atomic E-state index is -0.0730. The van der Waals surface area contributed by atoms with Gasteiger partial charge in [-0.2, -0.15) is 0 Å². The Bertz CT molecular complexity index is 614. The minimum absolute atomic E-state index is 0.0730. The van der Waals surface area contributed by atoms with E-state index in [1.165, 1.54) is 0 Å². The first-order chi connectivity index (χ1) is 9.00. The molecule has 2 rings (SSSR count). The Morgan fingerprint density at radius 1 is 1.00 bits per heavy atom. The molecular weight excluding hydrogens is 302 g/mol. The Labute approximate surface area is 122 Å². The average molecular weight is 318 g/mol. The standard InChI is InChI=1S/C16H16BrNO/c1-10-6-4-7-11(2)15(10)18-16(19)13-8-5-9-14(17)12(13)3/h4-9H,1-3H3,(H,18,19). The third kappa shape index (κ3) is 2.87. The lowest BCUT2D eigenvalue weighted by Gasteiger charge is -2.13. The van der Waals surface area contributed by atoms with Gasteiger partial charge in [-0.05, 0) is 49.6 Å². The van der Waals surface area contributed by atoms with Crippen molar-refractivity contribution < 1.29 is 4.79 Å². The number of rotatable bonds is 2. The zero-order valence-corrected chi connectivity index (χ0v) is 12.8. The molecular formula is C16H16BrNO. The Balaban J connectivity index is 2.34. The molecule has 0 aliphatic carbocycles. The normalized spacial score (nSPS) is 10.3. The van der Waals surface area contributed by atoms with Crippen LogP contribution in [0.2, 0.25) is 0 Å². The number of anilines is 1. The van der Waals surface area contributed by atoms with E-state index in [0.29, 0.717) is 5.56 Å². The first-order valence-corrected chi connectivity index (χ1v) is 6.92. The molecule has 19 heavy (non-hydrogen) atoms. The lowest BCUT2D eigenvalue weighted by Crippen LogP contribution is -2.15. The highest BCUT2D eigenvalue weighted by Gasteiger charge is 2.12. The summed E-state index contributed by atoms with van der Waals surface area (Å²) in [7, 11) is 0. The number of aryl methyl sites for hydroxylation is 2. The summed E-state index contributed by atoms with van der Waals surface area (Å²) in [5, 5.41) is 3.00. The van der Waals surface area contributed by atoms with Gasteiger partial charge in [0.05, 0.1) is 0 Å². The molecule has 0 saturated carbocycles. The van der Waals surface area contributed by atoms with Crippen LogP contribution in [0.4, 0.5) is 5.69 Å². The molecule has 0 spiro atoms. The average Bonchev–Trinajstić information content (AvgIpc) is 2.37. The molecule has 0 radical (unpaired) electrons. The van der Waals surface area contributed by atoms with Crippen molar-refractivity contribution in [3.05, 3.63) is 63.1 Å². The van der Waals surface area contributed by atoms with Crippen LogP contribution in [-0.2, 0) is 0 Å². The third-order valence-electron chi connectivity index (χ3n) is 3.23. The van der Waals surface area contributed by atoms with Crippen molar-refractivity contribution in [1.29, 1.82) is 0 Å². The van der Waals surface area contributed by atoms with E-state index in [0.717, 1.165) is 26.9 Å². The third-order valence-corrected chi connectivity index (χ3v) is 4.09. The van der Waals surface area contributed by atoms with Crippen molar-refractivity contribution in [2.45, 2.75) is 20.8 Å². The molecule has 0 fully saturated rings. The molecule has 0 atom stereocenters. The summed E-state index contributed by atoms with van der Waals surface area (Å²) in [5.41, 5.74) is 4.68. The molecule has 0 bridgehead atoms. The summed E-state index contributed by atoms with van der Waals surface area (Å²) in [6.07, 6.45) is 0. The second-order valence-electron chi connectivity index (χ2n) is 4.63. The summed E-state index contributed by atoms with van der Waals surface area (Å²) in [6, 6.07) is 11.6. The van der Waals surface area contributed by atoms with Crippen molar-refractivity contribution in [2.75, 3.05) is 5.32 Å². The van der Waals surface area contributed by atoms with E-state index < -0.39 is 0 Å². The van der Waals surface area contributed by atoms with E-state index in [2.05, 4.69) is 21.2 Å².